The number of aromatic nitrogens is 2. The Morgan fingerprint density at radius 2 is 2.25 bits per heavy atom. The molecule has 0 amide bonds. The zero-order valence-electron chi connectivity index (χ0n) is 8.74. The first-order valence-electron chi connectivity index (χ1n) is 4.70. The van der Waals surface area contributed by atoms with E-state index in [1.54, 1.807) is 19.3 Å². The number of hydrogen-bond acceptors (Lipinski definition) is 3. The number of halogens is 3. The molecule has 1 heterocycles. The molecule has 1 aromatic rings. The molecule has 1 unspecified atom stereocenters. The Labute approximate surface area is 90.6 Å². The summed E-state index contributed by atoms with van der Waals surface area (Å²) in [6.45, 7) is -1.45. The van der Waals surface area contributed by atoms with Crippen LogP contribution < -0.4 is 0 Å². The molecule has 0 fully saturated rings. The van der Waals surface area contributed by atoms with Crippen LogP contribution in [0.3, 0.4) is 0 Å². The molecular weight excluding hydrogens is 225 g/mol. The highest BCUT2D eigenvalue weighted by atomic mass is 19.4. The molecule has 0 aliphatic heterocycles. The van der Waals surface area contributed by atoms with Crippen molar-refractivity contribution in [1.82, 2.24) is 9.78 Å². The highest BCUT2D eigenvalue weighted by molar-refractivity contribution is 5.02. The van der Waals surface area contributed by atoms with Crippen molar-refractivity contribution in [2.45, 2.75) is 18.7 Å². The lowest BCUT2D eigenvalue weighted by atomic mass is 10.2. The molecule has 1 rings (SSSR count). The van der Waals surface area contributed by atoms with E-state index < -0.39 is 18.9 Å². The van der Waals surface area contributed by atoms with E-state index in [1.165, 1.54) is 4.68 Å². The molecule has 0 aromatic carbocycles. The van der Waals surface area contributed by atoms with Crippen molar-refractivity contribution in [2.24, 2.45) is 7.05 Å². The average Bonchev–Trinajstić information content (AvgIpc) is 2.57. The van der Waals surface area contributed by atoms with Crippen LogP contribution in [0.4, 0.5) is 13.2 Å². The van der Waals surface area contributed by atoms with Gasteiger partial charge in [0.1, 0.15) is 6.61 Å². The molecule has 1 aromatic heterocycles. The lowest BCUT2D eigenvalue weighted by Gasteiger charge is -2.10. The van der Waals surface area contributed by atoms with Crippen LogP contribution in [0.15, 0.2) is 12.3 Å². The molecule has 0 radical (unpaired) electrons. The van der Waals surface area contributed by atoms with Gasteiger partial charge < -0.3 is 9.84 Å². The van der Waals surface area contributed by atoms with Crippen LogP contribution in [0.2, 0.25) is 0 Å². The molecule has 0 saturated carbocycles. The second-order valence-corrected chi connectivity index (χ2v) is 3.39. The first kappa shape index (κ1) is 13.0. The van der Waals surface area contributed by atoms with E-state index in [4.69, 9.17) is 0 Å². The number of alkyl halides is 3. The summed E-state index contributed by atoms with van der Waals surface area (Å²) in [6, 6.07) is 1.61. The smallest absolute Gasteiger partial charge is 0.387 e. The van der Waals surface area contributed by atoms with Crippen molar-refractivity contribution in [3.05, 3.63) is 18.0 Å². The van der Waals surface area contributed by atoms with E-state index >= 15 is 0 Å². The van der Waals surface area contributed by atoms with Gasteiger partial charge in [-0.2, -0.15) is 18.3 Å². The largest absolute Gasteiger partial charge is 0.411 e. The van der Waals surface area contributed by atoms with Gasteiger partial charge in [0.25, 0.3) is 0 Å². The summed E-state index contributed by atoms with van der Waals surface area (Å²) in [5, 5.41) is 13.5. The topological polar surface area (TPSA) is 47.3 Å². The van der Waals surface area contributed by atoms with Gasteiger partial charge in [-0.05, 0) is 6.07 Å². The maximum absolute atomic E-state index is 11.7. The number of aliphatic hydroxyl groups excluding tert-OH is 1. The monoisotopic (exact) mass is 238 g/mol. The van der Waals surface area contributed by atoms with E-state index in [9.17, 15) is 18.3 Å². The molecule has 0 bridgehead atoms. The molecule has 0 aliphatic rings. The Morgan fingerprint density at radius 3 is 2.75 bits per heavy atom. The fraction of sp³-hybridized carbons (Fsp3) is 0.667. The van der Waals surface area contributed by atoms with Crippen molar-refractivity contribution >= 4 is 0 Å². The molecule has 1 atom stereocenters. The van der Waals surface area contributed by atoms with Gasteiger partial charge in [-0.15, -0.1) is 0 Å². The molecule has 4 nitrogen and oxygen atoms in total. The minimum atomic E-state index is -4.32. The zero-order chi connectivity index (χ0) is 12.2. The van der Waals surface area contributed by atoms with Crippen molar-refractivity contribution in [2.75, 3.05) is 13.2 Å². The van der Waals surface area contributed by atoms with Gasteiger partial charge in [-0.1, -0.05) is 0 Å². The van der Waals surface area contributed by atoms with Crippen LogP contribution in [0.1, 0.15) is 18.2 Å². The second kappa shape index (κ2) is 5.31. The normalized spacial score (nSPS) is 14.1. The van der Waals surface area contributed by atoms with Gasteiger partial charge in [-0.25, -0.2) is 0 Å². The summed E-state index contributed by atoms with van der Waals surface area (Å²) < 4.78 is 41.0. The zero-order valence-corrected chi connectivity index (χ0v) is 8.74. The lowest BCUT2D eigenvalue weighted by molar-refractivity contribution is -0.175. The summed E-state index contributed by atoms with van der Waals surface area (Å²) in [4.78, 5) is 0. The van der Waals surface area contributed by atoms with E-state index in [2.05, 4.69) is 9.84 Å². The summed E-state index contributed by atoms with van der Waals surface area (Å²) >= 11 is 0. The van der Waals surface area contributed by atoms with Crippen LogP contribution in [0.5, 0.6) is 0 Å². The number of aliphatic hydroxyl groups is 1. The highest BCUT2D eigenvalue weighted by Gasteiger charge is 2.27. The first-order valence-corrected chi connectivity index (χ1v) is 4.70. The predicted octanol–water partition coefficient (Wildman–Crippen LogP) is 1.42. The molecule has 16 heavy (non-hydrogen) atoms. The van der Waals surface area contributed by atoms with E-state index in [-0.39, 0.29) is 13.0 Å². The molecule has 0 aliphatic carbocycles. The summed E-state index contributed by atoms with van der Waals surface area (Å²) in [5.74, 6) is 0. The molecule has 92 valence electrons. The number of aryl methyl sites for hydroxylation is 1. The number of ether oxygens (including phenoxy) is 1. The lowest BCUT2D eigenvalue weighted by Crippen LogP contribution is -2.18. The standard InChI is InChI=1S/C9H13F3N2O2/c1-14-4-2-7(13-14)8(15)3-5-16-6-9(10,11)12/h2,4,8,15H,3,5-6H2,1H3. The van der Waals surface area contributed by atoms with Gasteiger partial charge in [-0.3, -0.25) is 4.68 Å². The minimum absolute atomic E-state index is 0.0904. The first-order chi connectivity index (χ1) is 7.38. The fourth-order valence-corrected chi connectivity index (χ4v) is 1.14. The highest BCUT2D eigenvalue weighted by Crippen LogP contribution is 2.17. The van der Waals surface area contributed by atoms with Gasteiger partial charge in [0.2, 0.25) is 0 Å². The third-order valence-corrected chi connectivity index (χ3v) is 1.88. The summed E-state index contributed by atoms with van der Waals surface area (Å²) in [5.41, 5.74) is 0.429. The third-order valence-electron chi connectivity index (χ3n) is 1.88. The molecular formula is C9H13F3N2O2. The second-order valence-electron chi connectivity index (χ2n) is 3.39. The van der Waals surface area contributed by atoms with Gasteiger partial charge >= 0.3 is 6.18 Å². The predicted molar refractivity (Wildman–Crippen MR) is 49.7 cm³/mol. The van der Waals surface area contributed by atoms with E-state index in [1.807, 2.05) is 0 Å². The minimum Gasteiger partial charge on any atom is -0.387 e. The number of hydrogen-bond donors (Lipinski definition) is 1. The van der Waals surface area contributed by atoms with E-state index in [0.29, 0.717) is 5.69 Å². The Hall–Kier alpha value is -1.08. The van der Waals surface area contributed by atoms with Crippen LogP contribution in [-0.4, -0.2) is 34.3 Å². The Kier molecular flexibility index (Phi) is 4.31. The third kappa shape index (κ3) is 4.63. The summed E-state index contributed by atoms with van der Waals surface area (Å²) in [7, 11) is 1.69. The quantitative estimate of drug-likeness (QED) is 0.789. The molecule has 0 saturated heterocycles. The van der Waals surface area contributed by atoms with Crippen LogP contribution >= 0.6 is 0 Å². The molecule has 7 heteroatoms. The molecule has 1 N–H and O–H groups in total. The Balaban J connectivity index is 2.23. The Bertz CT molecular complexity index is 325. The van der Waals surface area contributed by atoms with Crippen molar-refractivity contribution in [3.8, 4) is 0 Å². The maximum Gasteiger partial charge on any atom is 0.411 e. The Morgan fingerprint density at radius 1 is 1.56 bits per heavy atom. The van der Waals surface area contributed by atoms with Crippen LogP contribution in [-0.2, 0) is 11.8 Å². The maximum atomic E-state index is 11.7. The number of nitrogens with zero attached hydrogens (tertiary/aromatic N) is 2. The van der Waals surface area contributed by atoms with Crippen molar-refractivity contribution in [3.63, 3.8) is 0 Å². The van der Waals surface area contributed by atoms with Gasteiger partial charge in [0.05, 0.1) is 11.8 Å². The van der Waals surface area contributed by atoms with Gasteiger partial charge in [0, 0.05) is 26.3 Å². The molecule has 0 spiro atoms. The number of rotatable bonds is 5. The fourth-order valence-electron chi connectivity index (χ4n) is 1.14. The summed E-state index contributed by atoms with van der Waals surface area (Å²) in [6.07, 6.45) is -3.48. The van der Waals surface area contributed by atoms with Gasteiger partial charge in [0.15, 0.2) is 0 Å². The van der Waals surface area contributed by atoms with Crippen LogP contribution in [0.25, 0.3) is 0 Å². The van der Waals surface area contributed by atoms with Crippen molar-refractivity contribution in [1.29, 1.82) is 0 Å². The average molecular weight is 238 g/mol. The van der Waals surface area contributed by atoms with E-state index in [0.717, 1.165) is 0 Å². The van der Waals surface area contributed by atoms with Crippen LogP contribution in [0, 0.1) is 0 Å². The van der Waals surface area contributed by atoms with Crippen molar-refractivity contribution < 1.29 is 23.0 Å². The SMILES string of the molecule is Cn1ccc(C(O)CCOCC(F)(F)F)n1.